The normalized spacial score (nSPS) is 50.4. The largest absolute Gasteiger partial charge is 0.393 e. The van der Waals surface area contributed by atoms with Crippen LogP contribution in [0.5, 0.6) is 0 Å². The van der Waals surface area contributed by atoms with Gasteiger partial charge in [-0.15, -0.1) is 0 Å². The first kappa shape index (κ1) is 25.4. The van der Waals surface area contributed by atoms with Crippen LogP contribution in [-0.4, -0.2) is 28.2 Å². The SMILES string of the molecule is CC=C(C)CC[C@@H](C)[C@@H]1CC[C@@]2(C)[C@H]3[C@H](O)C[C@@H]4C(C)(C)[C@@H](O)CC[C@]4(C)[C@@H]3C(=O)C[C@@]12C. The summed E-state index contributed by atoms with van der Waals surface area (Å²) >= 11 is 0. The fraction of sp³-hybridized carbons (Fsp3) is 0.900. The van der Waals surface area contributed by atoms with Crippen LogP contribution in [-0.2, 0) is 4.79 Å². The van der Waals surface area contributed by atoms with E-state index in [0.717, 1.165) is 32.1 Å². The zero-order valence-electron chi connectivity index (χ0n) is 22.6. The summed E-state index contributed by atoms with van der Waals surface area (Å²) in [4.78, 5) is 14.1. The topological polar surface area (TPSA) is 57.5 Å². The average molecular weight is 459 g/mol. The van der Waals surface area contributed by atoms with Gasteiger partial charge in [0.2, 0.25) is 0 Å². The first-order chi connectivity index (χ1) is 15.2. The van der Waals surface area contributed by atoms with Crippen LogP contribution in [0.4, 0.5) is 0 Å². The van der Waals surface area contributed by atoms with Gasteiger partial charge < -0.3 is 10.2 Å². The Hall–Kier alpha value is -0.670. The molecule has 0 unspecified atom stereocenters. The summed E-state index contributed by atoms with van der Waals surface area (Å²) in [5, 5.41) is 22.5. The van der Waals surface area contributed by atoms with Gasteiger partial charge in [0.1, 0.15) is 5.78 Å². The molecule has 33 heavy (non-hydrogen) atoms. The highest BCUT2D eigenvalue weighted by atomic mass is 16.3. The fourth-order valence-corrected chi connectivity index (χ4v) is 9.95. The molecule has 2 N–H and O–H groups in total. The minimum Gasteiger partial charge on any atom is -0.393 e. The molecule has 0 aromatic carbocycles. The van der Waals surface area contributed by atoms with Crippen LogP contribution >= 0.6 is 0 Å². The minimum atomic E-state index is -0.453. The lowest BCUT2D eigenvalue weighted by Gasteiger charge is -2.67. The van der Waals surface area contributed by atoms with Gasteiger partial charge in [-0.05, 0) is 98.2 Å². The maximum Gasteiger partial charge on any atom is 0.137 e. The number of allylic oxidation sites excluding steroid dienone is 2. The molecule has 3 heteroatoms. The van der Waals surface area contributed by atoms with Crippen LogP contribution in [0, 0.1) is 51.2 Å². The van der Waals surface area contributed by atoms with E-state index >= 15 is 0 Å². The predicted octanol–water partition coefficient (Wildman–Crippen LogP) is 6.56. The molecule has 0 aliphatic heterocycles. The van der Waals surface area contributed by atoms with E-state index in [-0.39, 0.29) is 45.5 Å². The van der Waals surface area contributed by atoms with Crippen LogP contribution in [0.25, 0.3) is 0 Å². The van der Waals surface area contributed by atoms with E-state index < -0.39 is 6.10 Å². The Morgan fingerprint density at radius 2 is 1.76 bits per heavy atom. The van der Waals surface area contributed by atoms with E-state index in [9.17, 15) is 15.0 Å². The third-order valence-corrected chi connectivity index (χ3v) is 12.4. The van der Waals surface area contributed by atoms with E-state index in [4.69, 9.17) is 0 Å². The molecular formula is C30H50O3. The van der Waals surface area contributed by atoms with Gasteiger partial charge in [0.25, 0.3) is 0 Å². The molecule has 4 aliphatic rings. The van der Waals surface area contributed by atoms with Crippen molar-refractivity contribution in [2.75, 3.05) is 0 Å². The van der Waals surface area contributed by atoms with Crippen molar-refractivity contribution in [2.45, 2.75) is 119 Å². The van der Waals surface area contributed by atoms with Gasteiger partial charge in [-0.2, -0.15) is 0 Å². The Balaban J connectivity index is 1.69. The highest BCUT2D eigenvalue weighted by molar-refractivity contribution is 5.85. The summed E-state index contributed by atoms with van der Waals surface area (Å²) in [5.74, 6) is 1.69. The van der Waals surface area contributed by atoms with E-state index in [2.05, 4.69) is 61.5 Å². The molecule has 0 bridgehead atoms. The summed E-state index contributed by atoms with van der Waals surface area (Å²) < 4.78 is 0. The van der Waals surface area contributed by atoms with Crippen LogP contribution in [0.15, 0.2) is 11.6 Å². The van der Waals surface area contributed by atoms with Gasteiger partial charge in [0.05, 0.1) is 12.2 Å². The first-order valence-electron chi connectivity index (χ1n) is 13.7. The molecule has 188 valence electrons. The molecule has 0 saturated heterocycles. The summed E-state index contributed by atoms with van der Waals surface area (Å²) in [6.07, 6.45) is 9.10. The lowest BCUT2D eigenvalue weighted by atomic mass is 9.37. The molecule has 10 atom stereocenters. The number of rotatable bonds is 4. The van der Waals surface area contributed by atoms with Gasteiger partial charge in [-0.25, -0.2) is 0 Å². The average Bonchev–Trinajstić information content (AvgIpc) is 3.01. The van der Waals surface area contributed by atoms with Crippen molar-refractivity contribution in [3.05, 3.63) is 11.6 Å². The standard InChI is InChI=1S/C30H50O3/c1-9-18(2)10-11-19(3)20-12-15-29(7)26-21(31)16-23-27(4,5)24(33)13-14-28(23,6)25(26)22(32)17-30(20,29)8/h9,19-21,23-26,31,33H,10-17H2,1-8H3/t19-,20+,21-,23-,24+,25-,26+,28+,29+,30+/m1/s1. The monoisotopic (exact) mass is 458 g/mol. The van der Waals surface area contributed by atoms with Crippen molar-refractivity contribution in [1.29, 1.82) is 0 Å². The molecule has 0 heterocycles. The summed E-state index contributed by atoms with van der Waals surface area (Å²) in [5.41, 5.74) is 1.02. The van der Waals surface area contributed by atoms with Crippen LogP contribution in [0.3, 0.4) is 0 Å². The second-order valence-electron chi connectivity index (χ2n) is 14.0. The molecule has 0 aromatic heterocycles. The first-order valence-corrected chi connectivity index (χ1v) is 13.7. The number of fused-ring (bicyclic) bond motifs is 5. The molecule has 4 saturated carbocycles. The maximum absolute atomic E-state index is 14.1. The van der Waals surface area contributed by atoms with Gasteiger partial charge in [0.15, 0.2) is 0 Å². The molecule has 0 spiro atoms. The van der Waals surface area contributed by atoms with E-state index in [1.807, 2.05) is 0 Å². The third kappa shape index (κ3) is 3.45. The number of carbonyl (C=O) groups is 1. The van der Waals surface area contributed by atoms with Crippen molar-refractivity contribution in [3.8, 4) is 0 Å². The van der Waals surface area contributed by atoms with Crippen LogP contribution < -0.4 is 0 Å². The molecule has 4 rings (SSSR count). The molecular weight excluding hydrogens is 408 g/mol. The Kier molecular flexibility index (Phi) is 6.31. The quantitative estimate of drug-likeness (QED) is 0.469. The third-order valence-electron chi connectivity index (χ3n) is 12.4. The lowest BCUT2D eigenvalue weighted by molar-refractivity contribution is -0.227. The zero-order valence-corrected chi connectivity index (χ0v) is 22.6. The predicted molar refractivity (Wildman–Crippen MR) is 135 cm³/mol. The lowest BCUT2D eigenvalue weighted by Crippen LogP contribution is -2.67. The molecule has 0 aromatic rings. The van der Waals surface area contributed by atoms with Gasteiger partial charge in [-0.1, -0.05) is 53.2 Å². The van der Waals surface area contributed by atoms with E-state index in [1.165, 1.54) is 18.4 Å². The van der Waals surface area contributed by atoms with Crippen molar-refractivity contribution >= 4 is 5.78 Å². The summed E-state index contributed by atoms with van der Waals surface area (Å²) in [6, 6.07) is 0. The number of ketones is 1. The minimum absolute atomic E-state index is 0.00620. The number of aliphatic hydroxyl groups is 2. The highest BCUT2D eigenvalue weighted by Crippen LogP contribution is 2.73. The Morgan fingerprint density at radius 1 is 1.09 bits per heavy atom. The number of hydrogen-bond donors (Lipinski definition) is 2. The van der Waals surface area contributed by atoms with Gasteiger partial charge >= 0.3 is 0 Å². The number of carbonyl (C=O) groups excluding carboxylic acids is 1. The van der Waals surface area contributed by atoms with Crippen LogP contribution in [0.2, 0.25) is 0 Å². The second kappa shape index (κ2) is 8.19. The Bertz CT molecular complexity index is 813. The molecule has 4 aliphatic carbocycles. The van der Waals surface area contributed by atoms with Gasteiger partial charge in [-0.3, -0.25) is 4.79 Å². The molecule has 0 radical (unpaired) electrons. The Morgan fingerprint density at radius 3 is 2.39 bits per heavy atom. The Labute approximate surface area is 202 Å². The molecule has 4 fully saturated rings. The van der Waals surface area contributed by atoms with Crippen LogP contribution in [0.1, 0.15) is 107 Å². The summed E-state index contributed by atoms with van der Waals surface area (Å²) in [7, 11) is 0. The van der Waals surface area contributed by atoms with Crippen molar-refractivity contribution in [1.82, 2.24) is 0 Å². The second-order valence-corrected chi connectivity index (χ2v) is 14.0. The van der Waals surface area contributed by atoms with Crippen molar-refractivity contribution in [3.63, 3.8) is 0 Å². The summed E-state index contributed by atoms with van der Waals surface area (Å²) in [6.45, 7) is 18.2. The fourth-order valence-electron chi connectivity index (χ4n) is 9.95. The highest BCUT2D eigenvalue weighted by Gasteiger charge is 2.71. The van der Waals surface area contributed by atoms with E-state index in [1.54, 1.807) is 0 Å². The smallest absolute Gasteiger partial charge is 0.137 e. The maximum atomic E-state index is 14.1. The van der Waals surface area contributed by atoms with Gasteiger partial charge in [0, 0.05) is 18.3 Å². The number of aliphatic hydroxyl groups excluding tert-OH is 2. The van der Waals surface area contributed by atoms with Crippen molar-refractivity contribution < 1.29 is 15.0 Å². The molecule has 0 amide bonds. The number of hydrogen-bond acceptors (Lipinski definition) is 3. The van der Waals surface area contributed by atoms with E-state index in [0.29, 0.717) is 24.0 Å². The number of Topliss-reactive ketones (excluding diaryl/α,β-unsaturated/α-hetero) is 1. The molecule has 3 nitrogen and oxygen atoms in total. The van der Waals surface area contributed by atoms with Crippen molar-refractivity contribution in [2.24, 2.45) is 51.2 Å². The zero-order chi connectivity index (χ0) is 24.6.